The lowest BCUT2D eigenvalue weighted by Crippen LogP contribution is -3.00. The van der Waals surface area contributed by atoms with E-state index in [0.717, 1.165) is 33.4 Å². The molecule has 0 aliphatic heterocycles. The summed E-state index contributed by atoms with van der Waals surface area (Å²) in [4.78, 5) is 7.89. The zero-order valence-electron chi connectivity index (χ0n) is 10.7. The molecule has 6 heteroatoms. The standard InChI is InChI=1S/C14H12BrClN3.HI/c1-2-19-7-9(5-10(15)8-19)14-17-12-4-3-11(16)6-13(12)18-14;/h3-8H,2H2,1H3,(H,17,18);1H/q+1;/p-1. The molecule has 0 unspecified atom stereocenters. The van der Waals surface area contributed by atoms with E-state index in [2.05, 4.69) is 43.6 Å². The molecule has 0 spiro atoms. The molecule has 0 saturated heterocycles. The van der Waals surface area contributed by atoms with Crippen LogP contribution >= 0.6 is 27.5 Å². The Morgan fingerprint density at radius 3 is 2.85 bits per heavy atom. The van der Waals surface area contributed by atoms with Crippen LogP contribution in [0.15, 0.2) is 41.1 Å². The number of aryl methyl sites for hydroxylation is 1. The predicted molar refractivity (Wildman–Crippen MR) is 80.1 cm³/mol. The first kappa shape index (κ1) is 15.7. The van der Waals surface area contributed by atoms with Crippen LogP contribution in [0.25, 0.3) is 22.4 Å². The molecule has 0 fully saturated rings. The summed E-state index contributed by atoms with van der Waals surface area (Å²) >= 11 is 9.51. The summed E-state index contributed by atoms with van der Waals surface area (Å²) in [5.74, 6) is 0.848. The third-order valence-electron chi connectivity index (χ3n) is 2.97. The maximum Gasteiger partial charge on any atom is 0.183 e. The van der Waals surface area contributed by atoms with Crippen molar-refractivity contribution in [2.45, 2.75) is 13.5 Å². The van der Waals surface area contributed by atoms with Crippen LogP contribution in [0.5, 0.6) is 0 Å². The van der Waals surface area contributed by atoms with Gasteiger partial charge in [-0.3, -0.25) is 0 Å². The van der Waals surface area contributed by atoms with E-state index < -0.39 is 0 Å². The summed E-state index contributed by atoms with van der Waals surface area (Å²) < 4.78 is 3.14. The largest absolute Gasteiger partial charge is 1.00 e. The van der Waals surface area contributed by atoms with E-state index >= 15 is 0 Å². The van der Waals surface area contributed by atoms with Crippen LogP contribution in [0.1, 0.15) is 6.92 Å². The Hall–Kier alpha value is -0.660. The number of benzene rings is 1. The number of hydrogen-bond acceptors (Lipinski definition) is 1. The van der Waals surface area contributed by atoms with Crippen LogP contribution in [0.4, 0.5) is 0 Å². The summed E-state index contributed by atoms with van der Waals surface area (Å²) in [5, 5.41) is 0.709. The molecular weight excluding hydrogens is 452 g/mol. The van der Waals surface area contributed by atoms with Gasteiger partial charge in [0.1, 0.15) is 12.4 Å². The highest BCUT2D eigenvalue weighted by Crippen LogP contribution is 2.23. The minimum atomic E-state index is 0. The number of aromatic amines is 1. The minimum Gasteiger partial charge on any atom is -1.00 e. The van der Waals surface area contributed by atoms with E-state index in [0.29, 0.717) is 5.02 Å². The highest BCUT2D eigenvalue weighted by atomic mass is 127. The lowest BCUT2D eigenvalue weighted by atomic mass is 10.2. The van der Waals surface area contributed by atoms with Gasteiger partial charge in [0, 0.05) is 5.02 Å². The van der Waals surface area contributed by atoms with Gasteiger partial charge < -0.3 is 29.0 Å². The van der Waals surface area contributed by atoms with E-state index in [1.165, 1.54) is 0 Å². The molecule has 0 aliphatic rings. The van der Waals surface area contributed by atoms with E-state index in [1.54, 1.807) is 0 Å². The fraction of sp³-hybridized carbons (Fsp3) is 0.143. The van der Waals surface area contributed by atoms with Gasteiger partial charge in [-0.2, -0.15) is 0 Å². The number of imidazole rings is 1. The van der Waals surface area contributed by atoms with Crippen molar-refractivity contribution in [3.8, 4) is 11.4 Å². The molecule has 2 heterocycles. The van der Waals surface area contributed by atoms with Crippen LogP contribution in [-0.4, -0.2) is 9.97 Å². The molecule has 2 aromatic heterocycles. The van der Waals surface area contributed by atoms with Gasteiger partial charge in [0.05, 0.1) is 21.1 Å². The molecule has 20 heavy (non-hydrogen) atoms. The van der Waals surface area contributed by atoms with Gasteiger partial charge in [-0.15, -0.1) is 0 Å². The zero-order valence-corrected chi connectivity index (χ0v) is 15.2. The van der Waals surface area contributed by atoms with Gasteiger partial charge in [0.2, 0.25) is 0 Å². The molecule has 0 radical (unpaired) electrons. The molecule has 0 atom stereocenters. The Balaban J connectivity index is 0.00000147. The van der Waals surface area contributed by atoms with E-state index in [1.807, 2.05) is 30.5 Å². The van der Waals surface area contributed by atoms with Gasteiger partial charge in [0.15, 0.2) is 12.4 Å². The third-order valence-corrected chi connectivity index (χ3v) is 3.64. The fourth-order valence-corrected chi connectivity index (χ4v) is 2.71. The maximum atomic E-state index is 5.99. The average Bonchev–Trinajstić information content (AvgIpc) is 2.80. The van der Waals surface area contributed by atoms with Gasteiger partial charge in [-0.05, 0) is 47.1 Å². The second kappa shape index (κ2) is 6.41. The number of halogens is 3. The smallest absolute Gasteiger partial charge is 0.183 e. The zero-order chi connectivity index (χ0) is 13.4. The number of H-pyrrole nitrogens is 1. The molecule has 0 saturated carbocycles. The Labute approximate surface area is 147 Å². The molecule has 1 aromatic carbocycles. The second-order valence-electron chi connectivity index (χ2n) is 4.32. The quantitative estimate of drug-likeness (QED) is 0.445. The fourth-order valence-electron chi connectivity index (χ4n) is 2.03. The van der Waals surface area contributed by atoms with Crippen LogP contribution in [0.2, 0.25) is 5.02 Å². The first-order chi connectivity index (χ1) is 9.15. The molecular formula is C14H12BrClIN3. The number of aromatic nitrogens is 3. The number of nitrogens with zero attached hydrogens (tertiary/aromatic N) is 2. The van der Waals surface area contributed by atoms with Gasteiger partial charge >= 0.3 is 0 Å². The second-order valence-corrected chi connectivity index (χ2v) is 5.67. The molecule has 1 N–H and O–H groups in total. The highest BCUT2D eigenvalue weighted by Gasteiger charge is 2.11. The number of fused-ring (bicyclic) bond motifs is 1. The Bertz CT molecular complexity index is 757. The number of nitrogens with one attached hydrogen (secondary N) is 1. The highest BCUT2D eigenvalue weighted by molar-refractivity contribution is 9.10. The van der Waals surface area contributed by atoms with Gasteiger partial charge in [-0.25, -0.2) is 9.55 Å². The minimum absolute atomic E-state index is 0. The Kier molecular flexibility index (Phi) is 5.04. The lowest BCUT2D eigenvalue weighted by molar-refractivity contribution is -0.693. The normalized spacial score (nSPS) is 10.6. The summed E-state index contributed by atoms with van der Waals surface area (Å²) in [6.45, 7) is 3.02. The third kappa shape index (κ3) is 3.15. The molecule has 3 rings (SSSR count). The van der Waals surface area contributed by atoms with E-state index in [-0.39, 0.29) is 24.0 Å². The molecule has 0 aliphatic carbocycles. The summed E-state index contributed by atoms with van der Waals surface area (Å²) in [7, 11) is 0. The first-order valence-corrected chi connectivity index (χ1v) is 7.18. The van der Waals surface area contributed by atoms with E-state index in [4.69, 9.17) is 11.6 Å². The van der Waals surface area contributed by atoms with E-state index in [9.17, 15) is 0 Å². The molecule has 0 amide bonds. The summed E-state index contributed by atoms with van der Waals surface area (Å²) in [6, 6.07) is 7.70. The van der Waals surface area contributed by atoms with Crippen LogP contribution in [0, 0.1) is 0 Å². The van der Waals surface area contributed by atoms with Crippen LogP contribution in [-0.2, 0) is 6.54 Å². The van der Waals surface area contributed by atoms with Crippen molar-refractivity contribution in [1.82, 2.24) is 9.97 Å². The van der Waals surface area contributed by atoms with Crippen molar-refractivity contribution in [2.75, 3.05) is 0 Å². The molecule has 3 aromatic rings. The monoisotopic (exact) mass is 463 g/mol. The lowest BCUT2D eigenvalue weighted by Gasteiger charge is -1.97. The van der Waals surface area contributed by atoms with Crippen LogP contribution < -0.4 is 28.5 Å². The number of rotatable bonds is 2. The van der Waals surface area contributed by atoms with Gasteiger partial charge in [-0.1, -0.05) is 11.6 Å². The predicted octanol–water partition coefficient (Wildman–Crippen LogP) is 0.957. The van der Waals surface area contributed by atoms with Crippen molar-refractivity contribution < 1.29 is 28.5 Å². The maximum absolute atomic E-state index is 5.99. The summed E-state index contributed by atoms with van der Waals surface area (Å²) in [6.07, 6.45) is 4.12. The van der Waals surface area contributed by atoms with Crippen molar-refractivity contribution >= 4 is 38.6 Å². The molecule has 104 valence electrons. The van der Waals surface area contributed by atoms with Crippen molar-refractivity contribution in [2.24, 2.45) is 0 Å². The average molecular weight is 465 g/mol. The van der Waals surface area contributed by atoms with Gasteiger partial charge in [0.25, 0.3) is 0 Å². The number of pyridine rings is 1. The van der Waals surface area contributed by atoms with Crippen molar-refractivity contribution in [3.63, 3.8) is 0 Å². The number of hydrogen-bond donors (Lipinski definition) is 1. The summed E-state index contributed by atoms with van der Waals surface area (Å²) in [5.41, 5.74) is 2.91. The Morgan fingerprint density at radius 2 is 2.10 bits per heavy atom. The SMILES string of the molecule is CC[n+]1cc(Br)cc(-c2nc3ccc(Cl)cc3[nH]2)c1.[I-]. The van der Waals surface area contributed by atoms with Crippen molar-refractivity contribution in [3.05, 3.63) is 46.2 Å². The Morgan fingerprint density at radius 1 is 1.30 bits per heavy atom. The molecule has 0 bridgehead atoms. The van der Waals surface area contributed by atoms with Crippen molar-refractivity contribution in [1.29, 1.82) is 0 Å². The topological polar surface area (TPSA) is 32.6 Å². The first-order valence-electron chi connectivity index (χ1n) is 6.01. The van der Waals surface area contributed by atoms with Crippen LogP contribution in [0.3, 0.4) is 0 Å². The molecule has 3 nitrogen and oxygen atoms in total.